The van der Waals surface area contributed by atoms with Crippen LogP contribution in [0, 0.1) is 11.6 Å². The zero-order chi connectivity index (χ0) is 20.9. The lowest BCUT2D eigenvalue weighted by molar-refractivity contribution is 0.580. The summed E-state index contributed by atoms with van der Waals surface area (Å²) in [7, 11) is 1.70. The van der Waals surface area contributed by atoms with Crippen molar-refractivity contribution in [3.63, 3.8) is 0 Å². The molecule has 1 atom stereocenters. The van der Waals surface area contributed by atoms with E-state index in [-0.39, 0.29) is 30.0 Å². The Kier molecular flexibility index (Phi) is 7.77. The molecule has 7 nitrogen and oxygen atoms in total. The third-order valence-electron chi connectivity index (χ3n) is 5.07. The first-order valence-corrected chi connectivity index (χ1v) is 9.75. The second-order valence-electron chi connectivity index (χ2n) is 7.05. The van der Waals surface area contributed by atoms with Gasteiger partial charge in [-0.1, -0.05) is 18.2 Å². The highest BCUT2D eigenvalue weighted by Gasteiger charge is 2.25. The van der Waals surface area contributed by atoms with Crippen molar-refractivity contribution in [2.24, 2.45) is 4.99 Å². The third kappa shape index (κ3) is 5.49. The highest BCUT2D eigenvalue weighted by atomic mass is 127. The summed E-state index contributed by atoms with van der Waals surface area (Å²) >= 11 is 0. The van der Waals surface area contributed by atoms with Gasteiger partial charge in [-0.05, 0) is 30.7 Å². The Bertz CT molecular complexity index is 1030. The van der Waals surface area contributed by atoms with Gasteiger partial charge in [0.05, 0.1) is 12.2 Å². The molecule has 0 spiro atoms. The van der Waals surface area contributed by atoms with Gasteiger partial charge in [0, 0.05) is 37.9 Å². The van der Waals surface area contributed by atoms with Crippen LogP contribution in [0.25, 0.3) is 5.69 Å². The zero-order valence-corrected chi connectivity index (χ0v) is 19.3. The number of aliphatic imine (C=N–C) groups is 1. The molecular formula is C21H24F2IN7. The first-order valence-electron chi connectivity index (χ1n) is 9.75. The number of para-hydroxylation sites is 1. The highest BCUT2D eigenvalue weighted by Crippen LogP contribution is 2.24. The lowest BCUT2D eigenvalue weighted by Crippen LogP contribution is -2.44. The van der Waals surface area contributed by atoms with E-state index in [0.717, 1.165) is 24.0 Å². The molecule has 2 N–H and O–H groups in total. The van der Waals surface area contributed by atoms with Crippen LogP contribution < -0.4 is 15.5 Å². The standard InChI is InChI=1S/C21H23F2N7.HI/c1-24-21(25-12-20-28-26-14-30(20)17-5-3-2-4-6-17)27-16-9-10-29(13-16)19-8-7-15(22)11-18(19)23;/h2-8,11,14,16H,9-10,12-13H2,1H3,(H2,24,25,27);1H. The lowest BCUT2D eigenvalue weighted by atomic mass is 10.2. The number of benzene rings is 2. The molecule has 0 bridgehead atoms. The molecule has 31 heavy (non-hydrogen) atoms. The van der Waals surface area contributed by atoms with Gasteiger partial charge in [0.1, 0.15) is 18.0 Å². The fourth-order valence-electron chi connectivity index (χ4n) is 3.57. The van der Waals surface area contributed by atoms with Gasteiger partial charge in [-0.15, -0.1) is 34.2 Å². The normalized spacial score (nSPS) is 16.2. The van der Waals surface area contributed by atoms with Gasteiger partial charge < -0.3 is 15.5 Å². The predicted molar refractivity (Wildman–Crippen MR) is 127 cm³/mol. The first kappa shape index (κ1) is 22.9. The van der Waals surface area contributed by atoms with Crippen LogP contribution in [0.2, 0.25) is 0 Å². The van der Waals surface area contributed by atoms with E-state index >= 15 is 0 Å². The van der Waals surface area contributed by atoms with Crippen LogP contribution >= 0.6 is 24.0 Å². The number of hydrogen-bond donors (Lipinski definition) is 2. The molecule has 10 heteroatoms. The fourth-order valence-corrected chi connectivity index (χ4v) is 3.57. The maximum absolute atomic E-state index is 14.1. The number of guanidine groups is 1. The van der Waals surface area contributed by atoms with Gasteiger partial charge in [0.15, 0.2) is 11.8 Å². The van der Waals surface area contributed by atoms with Crippen LogP contribution in [-0.4, -0.2) is 46.9 Å². The Labute approximate surface area is 196 Å². The summed E-state index contributed by atoms with van der Waals surface area (Å²) < 4.78 is 29.1. The van der Waals surface area contributed by atoms with Gasteiger partial charge in [0.25, 0.3) is 0 Å². The van der Waals surface area contributed by atoms with E-state index in [1.54, 1.807) is 13.4 Å². The number of nitrogens with one attached hydrogen (secondary N) is 2. The second kappa shape index (κ2) is 10.5. The number of rotatable bonds is 5. The molecule has 2 aromatic carbocycles. The molecule has 0 radical (unpaired) electrons. The van der Waals surface area contributed by atoms with Gasteiger partial charge in [-0.25, -0.2) is 8.78 Å². The van der Waals surface area contributed by atoms with Crippen LogP contribution in [0.4, 0.5) is 14.5 Å². The number of anilines is 1. The van der Waals surface area contributed by atoms with E-state index in [2.05, 4.69) is 25.8 Å². The highest BCUT2D eigenvalue weighted by molar-refractivity contribution is 14.0. The summed E-state index contributed by atoms with van der Waals surface area (Å²) in [4.78, 5) is 6.18. The van der Waals surface area contributed by atoms with Crippen LogP contribution in [0.5, 0.6) is 0 Å². The second-order valence-corrected chi connectivity index (χ2v) is 7.05. The van der Waals surface area contributed by atoms with Gasteiger partial charge in [-0.3, -0.25) is 9.56 Å². The Morgan fingerprint density at radius 2 is 2.00 bits per heavy atom. The molecule has 164 valence electrons. The minimum atomic E-state index is -0.571. The largest absolute Gasteiger partial charge is 0.367 e. The molecule has 2 heterocycles. The Balaban J connectivity index is 0.00000272. The smallest absolute Gasteiger partial charge is 0.191 e. The van der Waals surface area contributed by atoms with E-state index in [0.29, 0.717) is 31.3 Å². The predicted octanol–water partition coefficient (Wildman–Crippen LogP) is 3.11. The van der Waals surface area contributed by atoms with Crippen LogP contribution in [0.1, 0.15) is 12.2 Å². The third-order valence-corrected chi connectivity index (χ3v) is 5.07. The summed E-state index contributed by atoms with van der Waals surface area (Å²) in [6.45, 7) is 1.72. The molecule has 0 aliphatic carbocycles. The van der Waals surface area contributed by atoms with E-state index in [1.807, 2.05) is 39.8 Å². The molecular weight excluding hydrogens is 515 g/mol. The number of hydrogen-bond acceptors (Lipinski definition) is 4. The molecule has 4 rings (SSSR count). The maximum Gasteiger partial charge on any atom is 0.191 e. The topological polar surface area (TPSA) is 70.4 Å². The average molecular weight is 539 g/mol. The average Bonchev–Trinajstić information content (AvgIpc) is 3.41. The van der Waals surface area contributed by atoms with E-state index < -0.39 is 11.6 Å². The van der Waals surface area contributed by atoms with Crippen molar-refractivity contribution in [2.75, 3.05) is 25.0 Å². The van der Waals surface area contributed by atoms with E-state index in [1.165, 1.54) is 12.1 Å². The molecule has 0 saturated carbocycles. The Hall–Kier alpha value is -2.76. The van der Waals surface area contributed by atoms with Crippen LogP contribution in [0.3, 0.4) is 0 Å². The minimum Gasteiger partial charge on any atom is -0.367 e. The summed E-state index contributed by atoms with van der Waals surface area (Å²) in [5, 5.41) is 14.8. The van der Waals surface area contributed by atoms with E-state index in [4.69, 9.17) is 0 Å². The molecule has 1 saturated heterocycles. The minimum absolute atomic E-state index is 0. The van der Waals surface area contributed by atoms with Crippen molar-refractivity contribution in [3.05, 3.63) is 72.3 Å². The number of aromatic nitrogens is 3. The molecule has 1 aliphatic heterocycles. The molecule has 1 aliphatic rings. The fraction of sp³-hybridized carbons (Fsp3) is 0.286. The van der Waals surface area contributed by atoms with Crippen LogP contribution in [0.15, 0.2) is 59.9 Å². The van der Waals surface area contributed by atoms with Gasteiger partial charge in [0.2, 0.25) is 0 Å². The summed E-state index contributed by atoms with van der Waals surface area (Å²) in [5.41, 5.74) is 1.40. The van der Waals surface area contributed by atoms with Crippen molar-refractivity contribution in [2.45, 2.75) is 19.0 Å². The SMILES string of the molecule is CN=C(NCc1nncn1-c1ccccc1)NC1CCN(c2ccc(F)cc2F)C1.I. The zero-order valence-electron chi connectivity index (χ0n) is 17.0. The van der Waals surface area contributed by atoms with Crippen molar-refractivity contribution in [3.8, 4) is 5.69 Å². The maximum atomic E-state index is 14.1. The lowest BCUT2D eigenvalue weighted by Gasteiger charge is -2.21. The molecule has 0 amide bonds. The van der Waals surface area contributed by atoms with Crippen molar-refractivity contribution < 1.29 is 8.78 Å². The number of halogens is 3. The van der Waals surface area contributed by atoms with Gasteiger partial charge >= 0.3 is 0 Å². The van der Waals surface area contributed by atoms with Gasteiger partial charge in [-0.2, -0.15) is 0 Å². The van der Waals surface area contributed by atoms with Crippen molar-refractivity contribution in [1.29, 1.82) is 0 Å². The summed E-state index contributed by atoms with van der Waals surface area (Å²) in [5.74, 6) is 0.270. The summed E-state index contributed by atoms with van der Waals surface area (Å²) in [6.07, 6.45) is 2.49. The molecule has 1 aromatic heterocycles. The molecule has 1 unspecified atom stereocenters. The van der Waals surface area contributed by atoms with Crippen molar-refractivity contribution in [1.82, 2.24) is 25.4 Å². The van der Waals surface area contributed by atoms with E-state index in [9.17, 15) is 8.78 Å². The first-order chi connectivity index (χ1) is 14.6. The van der Waals surface area contributed by atoms with Crippen molar-refractivity contribution >= 4 is 35.6 Å². The number of nitrogens with zero attached hydrogens (tertiary/aromatic N) is 5. The Morgan fingerprint density at radius 3 is 2.74 bits per heavy atom. The molecule has 3 aromatic rings. The summed E-state index contributed by atoms with van der Waals surface area (Å²) in [6, 6.07) is 13.6. The van der Waals surface area contributed by atoms with Crippen LogP contribution in [-0.2, 0) is 6.54 Å². The monoisotopic (exact) mass is 539 g/mol. The quantitative estimate of drug-likeness (QED) is 0.297. The molecule has 1 fully saturated rings. The Morgan fingerprint density at radius 1 is 1.19 bits per heavy atom.